The van der Waals surface area contributed by atoms with Crippen LogP contribution in [-0.2, 0) is 11.3 Å². The molecule has 0 spiro atoms. The third-order valence-electron chi connectivity index (χ3n) is 3.23. The lowest BCUT2D eigenvalue weighted by molar-refractivity contribution is -0.123. The number of furan rings is 1. The maximum absolute atomic E-state index is 12.3. The number of aromatic carboxylic acids is 1. The summed E-state index contributed by atoms with van der Waals surface area (Å²) < 4.78 is 5.14. The van der Waals surface area contributed by atoms with Crippen molar-refractivity contribution in [1.29, 1.82) is 0 Å². The van der Waals surface area contributed by atoms with E-state index >= 15 is 0 Å². The molecule has 1 fully saturated rings. The summed E-state index contributed by atoms with van der Waals surface area (Å²) in [5, 5.41) is 8.50. The zero-order chi connectivity index (χ0) is 16.4. The number of rotatable bonds is 4. The smallest absolute Gasteiger partial charge is 0.335 e. The highest BCUT2D eigenvalue weighted by Crippen LogP contribution is 2.33. The van der Waals surface area contributed by atoms with E-state index in [9.17, 15) is 14.4 Å². The van der Waals surface area contributed by atoms with Crippen LogP contribution in [0.25, 0.3) is 6.08 Å². The Morgan fingerprint density at radius 2 is 1.96 bits per heavy atom. The minimum absolute atomic E-state index is 0.0973. The van der Waals surface area contributed by atoms with Crippen LogP contribution in [0, 0.1) is 0 Å². The lowest BCUT2D eigenvalue weighted by atomic mass is 10.1. The van der Waals surface area contributed by atoms with Gasteiger partial charge in [-0.05, 0) is 41.6 Å². The number of carbonyl (C=O) groups is 3. The van der Waals surface area contributed by atoms with Gasteiger partial charge >= 0.3 is 5.97 Å². The number of imide groups is 1. The average molecular weight is 329 g/mol. The second-order valence-electron chi connectivity index (χ2n) is 4.79. The lowest BCUT2D eigenvalue weighted by Gasteiger charge is -2.12. The number of carboxylic acid groups (broad SMARTS) is 1. The fraction of sp³-hybridized carbons (Fsp3) is 0.0625. The molecule has 1 aliphatic rings. The number of carbonyl (C=O) groups excluding carboxylic acids is 2. The zero-order valence-corrected chi connectivity index (χ0v) is 12.6. The Kier molecular flexibility index (Phi) is 4.03. The lowest BCUT2D eigenvalue weighted by Crippen LogP contribution is -2.27. The molecular weight excluding hydrogens is 318 g/mol. The number of thioether (sulfide) groups is 1. The van der Waals surface area contributed by atoms with Gasteiger partial charge in [0.2, 0.25) is 0 Å². The summed E-state index contributed by atoms with van der Waals surface area (Å²) in [7, 11) is 0. The normalized spacial score (nSPS) is 16.3. The maximum atomic E-state index is 12.3. The van der Waals surface area contributed by atoms with E-state index in [1.54, 1.807) is 24.3 Å². The minimum atomic E-state index is -1.02. The predicted molar refractivity (Wildman–Crippen MR) is 83.6 cm³/mol. The van der Waals surface area contributed by atoms with E-state index in [1.165, 1.54) is 24.5 Å². The van der Waals surface area contributed by atoms with Gasteiger partial charge < -0.3 is 9.52 Å². The fourth-order valence-corrected chi connectivity index (χ4v) is 2.89. The van der Waals surface area contributed by atoms with Gasteiger partial charge in [0, 0.05) is 6.08 Å². The second kappa shape index (κ2) is 6.13. The van der Waals surface area contributed by atoms with Crippen molar-refractivity contribution in [3.05, 3.63) is 64.5 Å². The van der Waals surface area contributed by atoms with Crippen LogP contribution in [0.4, 0.5) is 4.79 Å². The summed E-state index contributed by atoms with van der Waals surface area (Å²) in [4.78, 5) is 36.5. The Balaban J connectivity index is 1.77. The van der Waals surface area contributed by atoms with Crippen molar-refractivity contribution in [2.24, 2.45) is 0 Å². The van der Waals surface area contributed by atoms with Crippen molar-refractivity contribution in [3.63, 3.8) is 0 Å². The van der Waals surface area contributed by atoms with E-state index in [0.29, 0.717) is 16.2 Å². The van der Waals surface area contributed by atoms with Crippen LogP contribution in [0.5, 0.6) is 0 Å². The molecule has 0 atom stereocenters. The van der Waals surface area contributed by atoms with E-state index in [-0.39, 0.29) is 17.3 Å². The summed E-state index contributed by atoms with van der Waals surface area (Å²) >= 11 is 0.852. The molecule has 1 aliphatic heterocycles. The van der Waals surface area contributed by atoms with E-state index in [1.807, 2.05) is 0 Å². The van der Waals surface area contributed by atoms with Gasteiger partial charge in [0.1, 0.15) is 5.76 Å². The first-order valence-corrected chi connectivity index (χ1v) is 7.47. The topological polar surface area (TPSA) is 87.8 Å². The molecule has 1 N–H and O–H groups in total. The molecule has 0 radical (unpaired) electrons. The van der Waals surface area contributed by atoms with Crippen molar-refractivity contribution >= 4 is 35.0 Å². The number of nitrogens with zero attached hydrogens (tertiary/aromatic N) is 1. The van der Waals surface area contributed by atoms with Gasteiger partial charge in [-0.3, -0.25) is 14.5 Å². The Morgan fingerprint density at radius 1 is 1.22 bits per heavy atom. The van der Waals surface area contributed by atoms with Gasteiger partial charge in [-0.2, -0.15) is 0 Å². The molecule has 7 heteroatoms. The highest BCUT2D eigenvalue weighted by Gasteiger charge is 2.35. The number of benzene rings is 1. The van der Waals surface area contributed by atoms with Crippen molar-refractivity contribution in [1.82, 2.24) is 4.90 Å². The molecule has 0 unspecified atom stereocenters. The Morgan fingerprint density at radius 3 is 2.57 bits per heavy atom. The highest BCUT2D eigenvalue weighted by atomic mass is 32.2. The first kappa shape index (κ1) is 15.1. The molecule has 0 bridgehead atoms. The fourth-order valence-electron chi connectivity index (χ4n) is 2.07. The Bertz CT molecular complexity index is 792. The van der Waals surface area contributed by atoms with Gasteiger partial charge in [0.05, 0.1) is 23.3 Å². The molecule has 1 aromatic carbocycles. The van der Waals surface area contributed by atoms with Gasteiger partial charge in [-0.15, -0.1) is 0 Å². The molecule has 23 heavy (non-hydrogen) atoms. The first-order chi connectivity index (χ1) is 11.0. The summed E-state index contributed by atoms with van der Waals surface area (Å²) in [6, 6.07) is 9.44. The summed E-state index contributed by atoms with van der Waals surface area (Å²) in [6.07, 6.45) is 3.01. The standard InChI is InChI=1S/C16H11NO5S/c18-14-13(8-12-2-1-7-22-12)23-16(21)17(14)9-10-3-5-11(6-4-10)15(19)20/h1-8H,9H2,(H,19,20)/b13-8-. The Hall–Kier alpha value is -2.80. The minimum Gasteiger partial charge on any atom is -0.478 e. The molecule has 1 saturated heterocycles. The molecule has 6 nitrogen and oxygen atoms in total. The van der Waals surface area contributed by atoms with E-state index in [4.69, 9.17) is 9.52 Å². The van der Waals surface area contributed by atoms with Crippen molar-refractivity contribution in [2.45, 2.75) is 6.54 Å². The van der Waals surface area contributed by atoms with E-state index in [0.717, 1.165) is 16.7 Å². The molecule has 0 saturated carbocycles. The van der Waals surface area contributed by atoms with Gasteiger partial charge in [0.15, 0.2) is 0 Å². The van der Waals surface area contributed by atoms with Gasteiger partial charge in [0.25, 0.3) is 11.1 Å². The average Bonchev–Trinajstić information content (AvgIpc) is 3.12. The van der Waals surface area contributed by atoms with Crippen molar-refractivity contribution in [2.75, 3.05) is 0 Å². The molecule has 3 rings (SSSR count). The van der Waals surface area contributed by atoms with Gasteiger partial charge in [-0.25, -0.2) is 4.79 Å². The van der Waals surface area contributed by atoms with Crippen LogP contribution in [0.2, 0.25) is 0 Å². The van der Waals surface area contributed by atoms with Crippen LogP contribution in [0.1, 0.15) is 21.7 Å². The van der Waals surface area contributed by atoms with Crippen LogP contribution in [0.15, 0.2) is 52.0 Å². The quantitative estimate of drug-likeness (QED) is 0.867. The van der Waals surface area contributed by atoms with Crippen LogP contribution < -0.4 is 0 Å². The van der Waals surface area contributed by atoms with Crippen LogP contribution >= 0.6 is 11.8 Å². The number of hydrogen-bond acceptors (Lipinski definition) is 5. The zero-order valence-electron chi connectivity index (χ0n) is 11.8. The number of carboxylic acids is 1. The van der Waals surface area contributed by atoms with E-state index in [2.05, 4.69) is 0 Å². The first-order valence-electron chi connectivity index (χ1n) is 6.66. The maximum Gasteiger partial charge on any atom is 0.335 e. The largest absolute Gasteiger partial charge is 0.478 e. The van der Waals surface area contributed by atoms with Crippen molar-refractivity contribution in [3.8, 4) is 0 Å². The molecule has 2 aromatic rings. The summed E-state index contributed by atoms with van der Waals surface area (Å²) in [5.74, 6) is -0.913. The summed E-state index contributed by atoms with van der Waals surface area (Å²) in [5.41, 5.74) is 0.831. The highest BCUT2D eigenvalue weighted by molar-refractivity contribution is 8.18. The Labute approximate surface area is 135 Å². The van der Waals surface area contributed by atoms with E-state index < -0.39 is 11.9 Å². The molecular formula is C16H11NO5S. The number of hydrogen-bond donors (Lipinski definition) is 1. The summed E-state index contributed by atoms with van der Waals surface area (Å²) in [6.45, 7) is 0.0973. The third kappa shape index (κ3) is 3.19. The second-order valence-corrected chi connectivity index (χ2v) is 5.78. The molecule has 116 valence electrons. The molecule has 1 aromatic heterocycles. The monoisotopic (exact) mass is 329 g/mol. The molecule has 2 heterocycles. The predicted octanol–water partition coefficient (Wildman–Crippen LogP) is 3.21. The van der Waals surface area contributed by atoms with Gasteiger partial charge in [-0.1, -0.05) is 12.1 Å². The van der Waals surface area contributed by atoms with Crippen molar-refractivity contribution < 1.29 is 23.9 Å². The molecule has 2 amide bonds. The SMILES string of the molecule is O=C(O)c1ccc(CN2C(=O)S/C(=C\c3ccco3)C2=O)cc1. The van der Waals surface area contributed by atoms with Crippen LogP contribution in [0.3, 0.4) is 0 Å². The van der Waals surface area contributed by atoms with Crippen LogP contribution in [-0.4, -0.2) is 27.1 Å². The third-order valence-corrected chi connectivity index (χ3v) is 4.14. The number of amides is 2. The molecule has 0 aliphatic carbocycles.